The Kier molecular flexibility index (Phi) is 6.57. The SMILES string of the molecule is CCc1nc(-c2ccc(Cl)cc2OC)sc1CC(=O)OCc1ccc2c(c1)nc1n2CCCC1. The van der Waals surface area contributed by atoms with Gasteiger partial charge in [0, 0.05) is 22.9 Å². The van der Waals surface area contributed by atoms with Crippen molar-refractivity contribution >= 4 is 39.9 Å². The smallest absolute Gasteiger partial charge is 0.311 e. The number of ether oxygens (including phenoxy) is 2. The first-order valence-corrected chi connectivity index (χ1v) is 12.7. The number of halogens is 1. The first kappa shape index (κ1) is 22.9. The van der Waals surface area contributed by atoms with Crippen molar-refractivity contribution in [2.24, 2.45) is 0 Å². The molecule has 3 heterocycles. The average molecular weight is 496 g/mol. The van der Waals surface area contributed by atoms with E-state index in [0.29, 0.717) is 10.8 Å². The Balaban J connectivity index is 1.28. The van der Waals surface area contributed by atoms with Gasteiger partial charge in [-0.15, -0.1) is 11.3 Å². The molecule has 6 nitrogen and oxygen atoms in total. The van der Waals surface area contributed by atoms with E-state index in [1.807, 2.05) is 31.2 Å². The van der Waals surface area contributed by atoms with E-state index in [9.17, 15) is 4.79 Å². The molecule has 0 amide bonds. The summed E-state index contributed by atoms with van der Waals surface area (Å²) in [5, 5.41) is 1.41. The Morgan fingerprint density at radius 2 is 2.06 bits per heavy atom. The molecule has 0 N–H and O–H groups in total. The van der Waals surface area contributed by atoms with Crippen LogP contribution in [0.25, 0.3) is 21.6 Å². The quantitative estimate of drug-likeness (QED) is 0.294. The number of imidazole rings is 1. The molecule has 176 valence electrons. The van der Waals surface area contributed by atoms with Crippen LogP contribution in [0.1, 0.15) is 41.7 Å². The molecule has 2 aromatic carbocycles. The lowest BCUT2D eigenvalue weighted by Crippen LogP contribution is -2.10. The van der Waals surface area contributed by atoms with E-state index in [4.69, 9.17) is 31.0 Å². The summed E-state index contributed by atoms with van der Waals surface area (Å²) in [4.78, 5) is 23.1. The monoisotopic (exact) mass is 495 g/mol. The minimum Gasteiger partial charge on any atom is -0.496 e. The molecule has 8 heteroatoms. The highest BCUT2D eigenvalue weighted by Gasteiger charge is 2.19. The van der Waals surface area contributed by atoms with Crippen molar-refractivity contribution in [3.05, 3.63) is 63.4 Å². The lowest BCUT2D eigenvalue weighted by molar-refractivity contribution is -0.144. The summed E-state index contributed by atoms with van der Waals surface area (Å²) >= 11 is 7.59. The van der Waals surface area contributed by atoms with Gasteiger partial charge in [-0.2, -0.15) is 0 Å². The van der Waals surface area contributed by atoms with Gasteiger partial charge in [0.2, 0.25) is 0 Å². The number of fused-ring (bicyclic) bond motifs is 3. The highest BCUT2D eigenvalue weighted by Crippen LogP contribution is 2.36. The zero-order valence-electron chi connectivity index (χ0n) is 19.3. The minimum atomic E-state index is -0.266. The first-order valence-electron chi connectivity index (χ1n) is 11.5. The Morgan fingerprint density at radius 3 is 2.88 bits per heavy atom. The molecule has 0 unspecified atom stereocenters. The predicted octanol–water partition coefficient (Wildman–Crippen LogP) is 6.01. The van der Waals surface area contributed by atoms with E-state index in [1.54, 1.807) is 13.2 Å². The van der Waals surface area contributed by atoms with Crippen LogP contribution in [0.2, 0.25) is 5.02 Å². The molecule has 2 aromatic heterocycles. The number of methoxy groups -OCH3 is 1. The second-order valence-corrected chi connectivity index (χ2v) is 9.90. The first-order chi connectivity index (χ1) is 16.6. The molecule has 5 rings (SSSR count). The minimum absolute atomic E-state index is 0.192. The summed E-state index contributed by atoms with van der Waals surface area (Å²) in [6, 6.07) is 11.6. The zero-order chi connectivity index (χ0) is 23.7. The zero-order valence-corrected chi connectivity index (χ0v) is 20.8. The summed E-state index contributed by atoms with van der Waals surface area (Å²) < 4.78 is 13.4. The van der Waals surface area contributed by atoms with Gasteiger partial charge in [-0.3, -0.25) is 4.79 Å². The number of thiazole rings is 1. The third kappa shape index (κ3) is 4.55. The van der Waals surface area contributed by atoms with Gasteiger partial charge in [0.1, 0.15) is 23.2 Å². The topological polar surface area (TPSA) is 66.2 Å². The lowest BCUT2D eigenvalue weighted by Gasteiger charge is -2.13. The molecule has 4 aromatic rings. The fraction of sp³-hybridized carbons (Fsp3) is 0.346. The largest absolute Gasteiger partial charge is 0.496 e. The summed E-state index contributed by atoms with van der Waals surface area (Å²) in [5.41, 5.74) is 4.85. The molecule has 0 spiro atoms. The maximum atomic E-state index is 12.7. The number of rotatable bonds is 7. The van der Waals surface area contributed by atoms with Crippen molar-refractivity contribution in [1.82, 2.24) is 14.5 Å². The molecule has 1 aliphatic heterocycles. The number of hydrogen-bond acceptors (Lipinski definition) is 6. The molecule has 0 saturated heterocycles. The van der Waals surface area contributed by atoms with Crippen LogP contribution >= 0.6 is 22.9 Å². The molecular formula is C26H26ClN3O3S. The van der Waals surface area contributed by atoms with Gasteiger partial charge in [0.25, 0.3) is 0 Å². The van der Waals surface area contributed by atoms with E-state index >= 15 is 0 Å². The molecule has 0 fully saturated rings. The molecule has 0 atom stereocenters. The van der Waals surface area contributed by atoms with Crippen LogP contribution in [0.5, 0.6) is 5.75 Å². The van der Waals surface area contributed by atoms with E-state index in [1.165, 1.54) is 24.2 Å². The van der Waals surface area contributed by atoms with Crippen LogP contribution in [0.3, 0.4) is 0 Å². The standard InChI is InChI=1S/C26H26ClN3O3S/c1-3-19-23(34-26(29-19)18-9-8-17(27)13-22(18)32-2)14-25(31)33-15-16-7-10-21-20(12-16)28-24-6-4-5-11-30(21)24/h7-10,12-13H,3-6,11,14-15H2,1-2H3. The predicted molar refractivity (Wildman–Crippen MR) is 135 cm³/mol. The maximum Gasteiger partial charge on any atom is 0.311 e. The fourth-order valence-electron chi connectivity index (χ4n) is 4.41. The highest BCUT2D eigenvalue weighted by atomic mass is 35.5. The number of hydrogen-bond donors (Lipinski definition) is 0. The van der Waals surface area contributed by atoms with Crippen LogP contribution in [0, 0.1) is 0 Å². The van der Waals surface area contributed by atoms with E-state index in [2.05, 4.69) is 10.6 Å². The normalized spacial score (nSPS) is 13.1. The van der Waals surface area contributed by atoms with Crippen molar-refractivity contribution in [1.29, 1.82) is 0 Å². The van der Waals surface area contributed by atoms with E-state index in [0.717, 1.165) is 62.9 Å². The summed E-state index contributed by atoms with van der Waals surface area (Å²) in [5.74, 6) is 1.55. The van der Waals surface area contributed by atoms with Crippen molar-refractivity contribution in [2.75, 3.05) is 7.11 Å². The Morgan fingerprint density at radius 1 is 1.18 bits per heavy atom. The Bertz CT molecular complexity index is 1360. The number of esters is 1. The number of benzene rings is 2. The van der Waals surface area contributed by atoms with Gasteiger partial charge in [-0.1, -0.05) is 24.6 Å². The van der Waals surface area contributed by atoms with Gasteiger partial charge < -0.3 is 14.0 Å². The van der Waals surface area contributed by atoms with Crippen LogP contribution in [-0.2, 0) is 41.9 Å². The molecule has 0 radical (unpaired) electrons. The highest BCUT2D eigenvalue weighted by molar-refractivity contribution is 7.15. The molecule has 0 aliphatic carbocycles. The van der Waals surface area contributed by atoms with E-state index < -0.39 is 0 Å². The van der Waals surface area contributed by atoms with Gasteiger partial charge in [0.05, 0.1) is 35.8 Å². The van der Waals surface area contributed by atoms with Gasteiger partial charge in [-0.25, -0.2) is 9.97 Å². The number of aryl methyl sites for hydroxylation is 3. The van der Waals surface area contributed by atoms with Crippen molar-refractivity contribution in [2.45, 2.75) is 52.2 Å². The molecule has 1 aliphatic rings. The van der Waals surface area contributed by atoms with E-state index in [-0.39, 0.29) is 19.0 Å². The summed E-state index contributed by atoms with van der Waals surface area (Å²) in [6.07, 6.45) is 4.34. The molecule has 0 saturated carbocycles. The van der Waals surface area contributed by atoms with Crippen LogP contribution < -0.4 is 4.74 Å². The van der Waals surface area contributed by atoms with Gasteiger partial charge in [0.15, 0.2) is 0 Å². The number of aromatic nitrogens is 3. The molecule has 34 heavy (non-hydrogen) atoms. The molecular weight excluding hydrogens is 470 g/mol. The van der Waals surface area contributed by atoms with Gasteiger partial charge >= 0.3 is 5.97 Å². The summed E-state index contributed by atoms with van der Waals surface area (Å²) in [7, 11) is 1.61. The Hall–Kier alpha value is -2.90. The second-order valence-electron chi connectivity index (χ2n) is 8.38. The van der Waals surface area contributed by atoms with Crippen LogP contribution in [0.15, 0.2) is 36.4 Å². The second kappa shape index (κ2) is 9.76. The van der Waals surface area contributed by atoms with Crippen molar-refractivity contribution in [3.8, 4) is 16.3 Å². The van der Waals surface area contributed by atoms with Crippen LogP contribution in [0.4, 0.5) is 0 Å². The van der Waals surface area contributed by atoms with Crippen LogP contribution in [-0.4, -0.2) is 27.6 Å². The third-order valence-electron chi connectivity index (χ3n) is 6.14. The number of nitrogens with zero attached hydrogens (tertiary/aromatic N) is 3. The third-order valence-corrected chi connectivity index (χ3v) is 7.50. The lowest BCUT2D eigenvalue weighted by atomic mass is 10.1. The summed E-state index contributed by atoms with van der Waals surface area (Å²) in [6.45, 7) is 3.29. The number of carbonyl (C=O) groups is 1. The van der Waals surface area contributed by atoms with Crippen molar-refractivity contribution < 1.29 is 14.3 Å². The van der Waals surface area contributed by atoms with Crippen molar-refractivity contribution in [3.63, 3.8) is 0 Å². The average Bonchev–Trinajstić information content (AvgIpc) is 3.43. The number of carbonyl (C=O) groups excluding carboxylic acids is 1. The maximum absolute atomic E-state index is 12.7. The Labute approximate surface area is 207 Å². The van der Waals surface area contributed by atoms with Gasteiger partial charge in [-0.05, 0) is 55.2 Å². The fourth-order valence-corrected chi connectivity index (χ4v) is 5.74. The molecule has 0 bridgehead atoms.